The van der Waals surface area contributed by atoms with Crippen LogP contribution < -0.4 is 5.32 Å². The van der Waals surface area contributed by atoms with Gasteiger partial charge in [0.05, 0.1) is 5.54 Å². The molecule has 1 aliphatic rings. The lowest BCUT2D eigenvalue weighted by Gasteiger charge is -2.41. The molecule has 1 aromatic heterocycles. The van der Waals surface area contributed by atoms with Gasteiger partial charge in [0.15, 0.2) is 0 Å². The molecule has 0 amide bonds. The van der Waals surface area contributed by atoms with Gasteiger partial charge in [0.1, 0.15) is 5.01 Å². The van der Waals surface area contributed by atoms with Crippen LogP contribution in [0.1, 0.15) is 43.8 Å². The molecule has 0 saturated carbocycles. The molecule has 0 aromatic carbocycles. The summed E-state index contributed by atoms with van der Waals surface area (Å²) in [5.74, 6) is 1.29. The first-order valence-electron chi connectivity index (χ1n) is 6.48. The van der Waals surface area contributed by atoms with Crippen molar-refractivity contribution in [3.05, 3.63) is 16.1 Å². The van der Waals surface area contributed by atoms with Gasteiger partial charge in [-0.25, -0.2) is 4.98 Å². The molecule has 0 radical (unpaired) electrons. The van der Waals surface area contributed by atoms with E-state index in [9.17, 15) is 0 Å². The highest BCUT2D eigenvalue weighted by molar-refractivity contribution is 8.00. The first kappa shape index (κ1) is 13.4. The zero-order valence-electron chi connectivity index (χ0n) is 11.0. The number of thiazole rings is 1. The maximum atomic E-state index is 4.75. The SMILES string of the molecule is CCCNC1(c2nc(C)cs2)CCCSC1C. The number of hydrogen-bond acceptors (Lipinski definition) is 4. The highest BCUT2D eigenvalue weighted by Gasteiger charge is 2.42. The molecule has 1 aliphatic heterocycles. The summed E-state index contributed by atoms with van der Waals surface area (Å²) >= 11 is 3.91. The average molecular weight is 270 g/mol. The van der Waals surface area contributed by atoms with Crippen molar-refractivity contribution >= 4 is 23.1 Å². The molecule has 17 heavy (non-hydrogen) atoms. The average Bonchev–Trinajstić information content (AvgIpc) is 2.76. The predicted octanol–water partition coefficient (Wildman–Crippen LogP) is 3.56. The molecule has 2 nitrogen and oxygen atoms in total. The van der Waals surface area contributed by atoms with Crippen LogP contribution in [0, 0.1) is 6.92 Å². The number of nitrogens with one attached hydrogen (secondary N) is 1. The topological polar surface area (TPSA) is 24.9 Å². The van der Waals surface area contributed by atoms with E-state index in [0.29, 0.717) is 5.25 Å². The lowest BCUT2D eigenvalue weighted by molar-refractivity contribution is 0.295. The second kappa shape index (κ2) is 5.72. The summed E-state index contributed by atoms with van der Waals surface area (Å²) in [4.78, 5) is 4.75. The molecule has 2 unspecified atom stereocenters. The Kier molecular flexibility index (Phi) is 4.50. The molecule has 1 N–H and O–H groups in total. The molecule has 2 rings (SSSR count). The summed E-state index contributed by atoms with van der Waals surface area (Å²) in [5, 5.41) is 7.88. The smallest absolute Gasteiger partial charge is 0.114 e. The largest absolute Gasteiger partial charge is 0.305 e. The Labute approximate surface area is 113 Å². The lowest BCUT2D eigenvalue weighted by atomic mass is 9.90. The van der Waals surface area contributed by atoms with Crippen molar-refractivity contribution in [1.29, 1.82) is 0 Å². The van der Waals surface area contributed by atoms with Crippen molar-refractivity contribution in [1.82, 2.24) is 10.3 Å². The van der Waals surface area contributed by atoms with Crippen LogP contribution in [-0.2, 0) is 5.54 Å². The summed E-state index contributed by atoms with van der Waals surface area (Å²) in [6.45, 7) is 7.76. The molecule has 4 heteroatoms. The molecule has 0 spiro atoms. The number of hydrogen-bond donors (Lipinski definition) is 1. The van der Waals surface area contributed by atoms with Gasteiger partial charge in [0.2, 0.25) is 0 Å². The van der Waals surface area contributed by atoms with E-state index in [1.165, 1.54) is 30.0 Å². The van der Waals surface area contributed by atoms with Crippen molar-refractivity contribution in [2.24, 2.45) is 0 Å². The van der Waals surface area contributed by atoms with Gasteiger partial charge < -0.3 is 5.32 Å². The molecule has 0 bridgehead atoms. The minimum Gasteiger partial charge on any atom is -0.305 e. The Balaban J connectivity index is 2.28. The van der Waals surface area contributed by atoms with E-state index in [4.69, 9.17) is 4.98 Å². The summed E-state index contributed by atoms with van der Waals surface area (Å²) < 4.78 is 0. The summed E-state index contributed by atoms with van der Waals surface area (Å²) in [5.41, 5.74) is 1.28. The first-order chi connectivity index (χ1) is 8.19. The van der Waals surface area contributed by atoms with E-state index in [0.717, 1.165) is 12.2 Å². The van der Waals surface area contributed by atoms with Crippen LogP contribution in [0.4, 0.5) is 0 Å². The van der Waals surface area contributed by atoms with Crippen molar-refractivity contribution in [2.75, 3.05) is 12.3 Å². The van der Waals surface area contributed by atoms with E-state index in [2.05, 4.69) is 43.2 Å². The maximum absolute atomic E-state index is 4.75. The zero-order valence-corrected chi connectivity index (χ0v) is 12.6. The highest BCUT2D eigenvalue weighted by atomic mass is 32.2. The fourth-order valence-corrected chi connectivity index (χ4v) is 4.88. The van der Waals surface area contributed by atoms with Crippen LogP contribution in [0.2, 0.25) is 0 Å². The van der Waals surface area contributed by atoms with Gasteiger partial charge in [-0.1, -0.05) is 13.8 Å². The standard InChI is InChI=1S/C13H22N2S2/c1-4-7-14-13(6-5-8-16-11(13)3)12-15-10(2)9-17-12/h9,11,14H,4-8H2,1-3H3. The zero-order chi connectivity index (χ0) is 12.3. The van der Waals surface area contributed by atoms with Crippen LogP contribution in [0.15, 0.2) is 5.38 Å². The van der Waals surface area contributed by atoms with Gasteiger partial charge in [-0.2, -0.15) is 11.8 Å². The summed E-state index contributed by atoms with van der Waals surface area (Å²) in [6.07, 6.45) is 3.71. The van der Waals surface area contributed by atoms with Crippen molar-refractivity contribution in [3.63, 3.8) is 0 Å². The van der Waals surface area contributed by atoms with Crippen LogP contribution in [0.3, 0.4) is 0 Å². The minimum absolute atomic E-state index is 0.123. The molecule has 1 aromatic rings. The molecule has 2 atom stereocenters. The number of aryl methyl sites for hydroxylation is 1. The fraction of sp³-hybridized carbons (Fsp3) is 0.769. The highest BCUT2D eigenvalue weighted by Crippen LogP contribution is 2.42. The Hall–Kier alpha value is -0.0600. The molecular formula is C13H22N2S2. The van der Waals surface area contributed by atoms with Crippen molar-refractivity contribution in [3.8, 4) is 0 Å². The van der Waals surface area contributed by atoms with Crippen LogP contribution in [-0.4, -0.2) is 22.5 Å². The molecule has 96 valence electrons. The van der Waals surface area contributed by atoms with E-state index in [-0.39, 0.29) is 5.54 Å². The molecular weight excluding hydrogens is 248 g/mol. The van der Waals surface area contributed by atoms with Gasteiger partial charge in [0.25, 0.3) is 0 Å². The maximum Gasteiger partial charge on any atom is 0.114 e. The number of thioether (sulfide) groups is 1. The third-order valence-electron chi connectivity index (χ3n) is 3.47. The Bertz CT molecular complexity index is 364. The predicted molar refractivity (Wildman–Crippen MR) is 78.0 cm³/mol. The first-order valence-corrected chi connectivity index (χ1v) is 8.41. The Morgan fingerprint density at radius 3 is 3.00 bits per heavy atom. The minimum atomic E-state index is 0.123. The number of rotatable bonds is 4. The third-order valence-corrected chi connectivity index (χ3v) is 6.03. The van der Waals surface area contributed by atoms with Gasteiger partial charge in [-0.3, -0.25) is 0 Å². The van der Waals surface area contributed by atoms with Crippen LogP contribution in [0.25, 0.3) is 0 Å². The Morgan fingerprint density at radius 2 is 2.41 bits per heavy atom. The number of nitrogens with zero attached hydrogens (tertiary/aromatic N) is 1. The molecule has 1 saturated heterocycles. The van der Waals surface area contributed by atoms with Crippen molar-refractivity contribution < 1.29 is 0 Å². The molecule has 1 fully saturated rings. The normalized spacial score (nSPS) is 29.5. The third kappa shape index (κ3) is 2.69. The Morgan fingerprint density at radius 1 is 1.59 bits per heavy atom. The quantitative estimate of drug-likeness (QED) is 0.905. The lowest BCUT2D eigenvalue weighted by Crippen LogP contribution is -2.51. The van der Waals surface area contributed by atoms with Gasteiger partial charge >= 0.3 is 0 Å². The number of aromatic nitrogens is 1. The van der Waals surface area contributed by atoms with Gasteiger partial charge in [-0.15, -0.1) is 11.3 Å². The molecule has 2 heterocycles. The summed E-state index contributed by atoms with van der Waals surface area (Å²) in [6, 6.07) is 0. The van der Waals surface area contributed by atoms with E-state index in [1.54, 1.807) is 0 Å². The second-order valence-electron chi connectivity index (χ2n) is 4.81. The fourth-order valence-electron chi connectivity index (χ4n) is 2.45. The molecule has 0 aliphatic carbocycles. The van der Waals surface area contributed by atoms with Gasteiger partial charge in [0, 0.05) is 16.3 Å². The van der Waals surface area contributed by atoms with E-state index in [1.807, 2.05) is 11.3 Å². The monoisotopic (exact) mass is 270 g/mol. The van der Waals surface area contributed by atoms with Crippen LogP contribution >= 0.6 is 23.1 Å². The van der Waals surface area contributed by atoms with Crippen LogP contribution in [0.5, 0.6) is 0 Å². The van der Waals surface area contributed by atoms with E-state index < -0.39 is 0 Å². The van der Waals surface area contributed by atoms with E-state index >= 15 is 0 Å². The van der Waals surface area contributed by atoms with Crippen molar-refractivity contribution in [2.45, 2.75) is 50.8 Å². The summed E-state index contributed by atoms with van der Waals surface area (Å²) in [7, 11) is 0. The second-order valence-corrected chi connectivity index (χ2v) is 7.12. The van der Waals surface area contributed by atoms with Gasteiger partial charge in [-0.05, 0) is 38.5 Å².